The molecule has 110 valence electrons. The van der Waals surface area contributed by atoms with E-state index in [2.05, 4.69) is 5.16 Å². The summed E-state index contributed by atoms with van der Waals surface area (Å²) in [7, 11) is 0. The molecular weight excluding hydrogens is 260 g/mol. The summed E-state index contributed by atoms with van der Waals surface area (Å²) in [6, 6.07) is 1.05. The van der Waals surface area contributed by atoms with Crippen LogP contribution in [0.3, 0.4) is 0 Å². The van der Waals surface area contributed by atoms with Gasteiger partial charge >= 0.3 is 5.97 Å². The van der Waals surface area contributed by atoms with Crippen LogP contribution in [0, 0.1) is 6.92 Å². The van der Waals surface area contributed by atoms with Gasteiger partial charge in [0.05, 0.1) is 0 Å². The Bertz CT molecular complexity index is 515. The molecule has 0 bridgehead atoms. The lowest BCUT2D eigenvalue weighted by Gasteiger charge is -2.26. The SMILES string of the molecule is Cc1cc(C(=O)N2CCC[C@@H]2C(=O)OC(C)(C)C)no1. The largest absolute Gasteiger partial charge is 0.458 e. The zero-order valence-corrected chi connectivity index (χ0v) is 12.3. The van der Waals surface area contributed by atoms with Gasteiger partial charge in [0.1, 0.15) is 17.4 Å². The van der Waals surface area contributed by atoms with E-state index in [1.165, 1.54) is 4.90 Å². The van der Waals surface area contributed by atoms with Crippen LogP contribution in [0.5, 0.6) is 0 Å². The summed E-state index contributed by atoms with van der Waals surface area (Å²) in [4.78, 5) is 26.0. The van der Waals surface area contributed by atoms with Crippen molar-refractivity contribution in [1.29, 1.82) is 0 Å². The van der Waals surface area contributed by atoms with Gasteiger partial charge in [-0.25, -0.2) is 4.79 Å². The topological polar surface area (TPSA) is 72.6 Å². The fraction of sp³-hybridized carbons (Fsp3) is 0.643. The lowest BCUT2D eigenvalue weighted by atomic mass is 10.1. The van der Waals surface area contributed by atoms with Crippen LogP contribution < -0.4 is 0 Å². The number of aryl methyl sites for hydroxylation is 1. The molecule has 2 heterocycles. The third-order valence-corrected chi connectivity index (χ3v) is 3.04. The Morgan fingerprint density at radius 1 is 1.45 bits per heavy atom. The first kappa shape index (κ1) is 14.6. The van der Waals surface area contributed by atoms with Crippen LogP contribution in [0.4, 0.5) is 0 Å². The van der Waals surface area contributed by atoms with Crippen molar-refractivity contribution >= 4 is 11.9 Å². The molecule has 2 rings (SSSR count). The lowest BCUT2D eigenvalue weighted by molar-refractivity contribution is -0.159. The molecule has 1 fully saturated rings. The van der Waals surface area contributed by atoms with Gasteiger partial charge in [0, 0.05) is 12.6 Å². The van der Waals surface area contributed by atoms with Crippen molar-refractivity contribution in [2.75, 3.05) is 6.54 Å². The standard InChI is InChI=1S/C14H20N2O4/c1-9-8-10(15-20-9)12(17)16-7-5-6-11(16)13(18)19-14(2,3)4/h8,11H,5-7H2,1-4H3/t11-/m1/s1. The summed E-state index contributed by atoms with van der Waals surface area (Å²) in [5.41, 5.74) is -0.322. The number of aromatic nitrogens is 1. The Balaban J connectivity index is 2.11. The molecule has 0 unspecified atom stereocenters. The molecule has 1 aromatic heterocycles. The molecule has 1 saturated heterocycles. The molecule has 20 heavy (non-hydrogen) atoms. The number of nitrogens with zero attached hydrogens (tertiary/aromatic N) is 2. The molecule has 0 N–H and O–H groups in total. The highest BCUT2D eigenvalue weighted by Gasteiger charge is 2.38. The molecule has 1 atom stereocenters. The third kappa shape index (κ3) is 3.18. The third-order valence-electron chi connectivity index (χ3n) is 3.04. The quantitative estimate of drug-likeness (QED) is 0.774. The summed E-state index contributed by atoms with van der Waals surface area (Å²) < 4.78 is 10.3. The summed E-state index contributed by atoms with van der Waals surface area (Å²) >= 11 is 0. The van der Waals surface area contributed by atoms with Crippen molar-refractivity contribution < 1.29 is 18.8 Å². The summed E-state index contributed by atoms with van der Waals surface area (Å²) in [6.07, 6.45) is 1.41. The second kappa shape index (κ2) is 5.26. The fourth-order valence-corrected chi connectivity index (χ4v) is 2.24. The van der Waals surface area contributed by atoms with E-state index in [9.17, 15) is 9.59 Å². The van der Waals surface area contributed by atoms with Gasteiger partial charge in [-0.15, -0.1) is 0 Å². The zero-order valence-electron chi connectivity index (χ0n) is 12.3. The number of esters is 1. The van der Waals surface area contributed by atoms with Gasteiger partial charge < -0.3 is 14.2 Å². The minimum absolute atomic E-state index is 0.234. The maximum Gasteiger partial charge on any atom is 0.329 e. The number of rotatable bonds is 2. The van der Waals surface area contributed by atoms with E-state index in [-0.39, 0.29) is 17.6 Å². The van der Waals surface area contributed by atoms with E-state index in [1.807, 2.05) is 20.8 Å². The van der Waals surface area contributed by atoms with Crippen LogP contribution in [-0.4, -0.2) is 40.1 Å². The molecule has 0 aromatic carbocycles. The molecule has 1 aliphatic rings. The van der Waals surface area contributed by atoms with Gasteiger partial charge in [0.15, 0.2) is 5.69 Å². The molecule has 0 aliphatic carbocycles. The molecule has 0 saturated carbocycles. The second-order valence-corrected chi connectivity index (χ2v) is 6.01. The zero-order chi connectivity index (χ0) is 14.9. The van der Waals surface area contributed by atoms with Crippen LogP contribution in [0.2, 0.25) is 0 Å². The van der Waals surface area contributed by atoms with Gasteiger partial charge in [-0.3, -0.25) is 4.79 Å². The first-order valence-electron chi connectivity index (χ1n) is 6.75. The van der Waals surface area contributed by atoms with Crippen molar-refractivity contribution in [2.45, 2.75) is 52.2 Å². The van der Waals surface area contributed by atoms with Crippen LogP contribution in [0.15, 0.2) is 10.6 Å². The maximum absolute atomic E-state index is 12.3. The Hall–Kier alpha value is -1.85. The predicted octanol–water partition coefficient (Wildman–Crippen LogP) is 1.93. The van der Waals surface area contributed by atoms with Crippen molar-refractivity contribution in [1.82, 2.24) is 10.1 Å². The maximum atomic E-state index is 12.3. The summed E-state index contributed by atoms with van der Waals surface area (Å²) in [6.45, 7) is 7.70. The van der Waals surface area contributed by atoms with Crippen LogP contribution in [0.1, 0.15) is 49.9 Å². The average molecular weight is 280 g/mol. The first-order chi connectivity index (χ1) is 9.28. The number of hydrogen-bond acceptors (Lipinski definition) is 5. The van der Waals surface area contributed by atoms with E-state index < -0.39 is 11.6 Å². The van der Waals surface area contributed by atoms with Gasteiger partial charge in [-0.05, 0) is 40.5 Å². The van der Waals surface area contributed by atoms with Crippen LogP contribution in [0.25, 0.3) is 0 Å². The number of ether oxygens (including phenoxy) is 1. The van der Waals surface area contributed by atoms with Gasteiger partial charge in [-0.1, -0.05) is 5.16 Å². The molecule has 0 radical (unpaired) electrons. The number of amides is 1. The molecule has 1 amide bonds. The Morgan fingerprint density at radius 2 is 2.15 bits per heavy atom. The smallest absolute Gasteiger partial charge is 0.329 e. The van der Waals surface area contributed by atoms with Gasteiger partial charge in [0.2, 0.25) is 0 Å². The minimum Gasteiger partial charge on any atom is -0.458 e. The van der Waals surface area contributed by atoms with E-state index in [1.54, 1.807) is 13.0 Å². The molecule has 6 heteroatoms. The monoisotopic (exact) mass is 280 g/mol. The lowest BCUT2D eigenvalue weighted by Crippen LogP contribution is -2.43. The second-order valence-electron chi connectivity index (χ2n) is 6.01. The Labute approximate surface area is 118 Å². The van der Waals surface area contributed by atoms with Crippen molar-refractivity contribution in [3.8, 4) is 0 Å². The summed E-state index contributed by atoms with van der Waals surface area (Å²) in [5.74, 6) is -0.0693. The molecule has 0 spiro atoms. The molecule has 1 aliphatic heterocycles. The highest BCUT2D eigenvalue weighted by atomic mass is 16.6. The minimum atomic E-state index is -0.557. The highest BCUT2D eigenvalue weighted by molar-refractivity contribution is 5.95. The number of likely N-dealkylation sites (tertiary alicyclic amines) is 1. The molecule has 6 nitrogen and oxygen atoms in total. The van der Waals surface area contributed by atoms with E-state index in [0.29, 0.717) is 18.7 Å². The predicted molar refractivity (Wildman–Crippen MR) is 71.1 cm³/mol. The summed E-state index contributed by atoms with van der Waals surface area (Å²) in [5, 5.41) is 3.71. The number of carbonyl (C=O) groups is 2. The van der Waals surface area contributed by atoms with Gasteiger partial charge in [-0.2, -0.15) is 0 Å². The average Bonchev–Trinajstić information content (AvgIpc) is 2.93. The van der Waals surface area contributed by atoms with Crippen LogP contribution in [-0.2, 0) is 9.53 Å². The number of carbonyl (C=O) groups excluding carboxylic acids is 2. The van der Waals surface area contributed by atoms with Crippen LogP contribution >= 0.6 is 0 Å². The van der Waals surface area contributed by atoms with Gasteiger partial charge in [0.25, 0.3) is 5.91 Å². The number of hydrogen-bond donors (Lipinski definition) is 0. The normalized spacial score (nSPS) is 19.2. The van der Waals surface area contributed by atoms with E-state index in [0.717, 1.165) is 6.42 Å². The molecular formula is C14H20N2O4. The Morgan fingerprint density at radius 3 is 2.70 bits per heavy atom. The fourth-order valence-electron chi connectivity index (χ4n) is 2.24. The highest BCUT2D eigenvalue weighted by Crippen LogP contribution is 2.23. The Kier molecular flexibility index (Phi) is 3.83. The first-order valence-corrected chi connectivity index (χ1v) is 6.75. The van der Waals surface area contributed by atoms with E-state index >= 15 is 0 Å². The van der Waals surface area contributed by atoms with Crippen molar-refractivity contribution in [2.24, 2.45) is 0 Å². The van der Waals surface area contributed by atoms with Crippen molar-refractivity contribution in [3.05, 3.63) is 17.5 Å². The van der Waals surface area contributed by atoms with Crippen molar-refractivity contribution in [3.63, 3.8) is 0 Å². The van der Waals surface area contributed by atoms with E-state index in [4.69, 9.17) is 9.26 Å². The molecule has 1 aromatic rings.